The smallest absolute Gasteiger partial charge is 0.269 e. The third-order valence-corrected chi connectivity index (χ3v) is 4.52. The summed E-state index contributed by atoms with van der Waals surface area (Å²) in [6.45, 7) is 0.109. The van der Waals surface area contributed by atoms with E-state index in [9.17, 15) is 4.79 Å². The lowest BCUT2D eigenvalue weighted by atomic mass is 10.2. The van der Waals surface area contributed by atoms with Crippen LogP contribution in [0.1, 0.15) is 0 Å². The molecule has 1 N–H and O–H groups in total. The minimum Gasteiger partial charge on any atom is -0.497 e. The molecule has 7 heteroatoms. The third kappa shape index (κ3) is 4.38. The van der Waals surface area contributed by atoms with Gasteiger partial charge >= 0.3 is 0 Å². The molecule has 4 rings (SSSR count). The highest BCUT2D eigenvalue weighted by Crippen LogP contribution is 2.34. The number of ether oxygens (including phenoxy) is 4. The van der Waals surface area contributed by atoms with Gasteiger partial charge in [-0.2, -0.15) is 0 Å². The van der Waals surface area contributed by atoms with Crippen molar-refractivity contribution in [1.29, 1.82) is 0 Å². The van der Waals surface area contributed by atoms with Crippen molar-refractivity contribution < 1.29 is 23.7 Å². The van der Waals surface area contributed by atoms with E-state index in [4.69, 9.17) is 30.5 Å². The quantitative estimate of drug-likeness (QED) is 0.645. The molecular formula is C22H18ClNO5. The molecule has 148 valence electrons. The maximum Gasteiger partial charge on any atom is 0.269 e. The molecule has 3 aromatic rings. The minimum absolute atomic E-state index is 0.109. The van der Waals surface area contributed by atoms with Crippen LogP contribution in [0.2, 0.25) is 5.02 Å². The van der Waals surface area contributed by atoms with Gasteiger partial charge in [0.15, 0.2) is 17.2 Å². The Hall–Kier alpha value is -3.38. The van der Waals surface area contributed by atoms with Gasteiger partial charge in [0.1, 0.15) is 18.1 Å². The van der Waals surface area contributed by atoms with E-state index < -0.39 is 6.10 Å². The van der Waals surface area contributed by atoms with Crippen molar-refractivity contribution in [2.75, 3.05) is 19.0 Å². The van der Waals surface area contributed by atoms with Crippen molar-refractivity contribution in [3.63, 3.8) is 0 Å². The number of carbonyl (C=O) groups is 1. The molecule has 0 saturated heterocycles. The van der Waals surface area contributed by atoms with E-state index in [1.54, 1.807) is 61.7 Å². The van der Waals surface area contributed by atoms with E-state index in [-0.39, 0.29) is 12.5 Å². The average molecular weight is 412 g/mol. The Morgan fingerprint density at radius 1 is 1.03 bits per heavy atom. The first-order chi connectivity index (χ1) is 14.1. The highest BCUT2D eigenvalue weighted by atomic mass is 35.5. The molecule has 1 heterocycles. The monoisotopic (exact) mass is 411 g/mol. The van der Waals surface area contributed by atoms with Crippen LogP contribution in [-0.2, 0) is 4.79 Å². The second-order valence-corrected chi connectivity index (χ2v) is 6.71. The summed E-state index contributed by atoms with van der Waals surface area (Å²) in [5.74, 6) is 2.54. The molecule has 0 aromatic heterocycles. The van der Waals surface area contributed by atoms with Crippen molar-refractivity contribution in [3.8, 4) is 28.7 Å². The van der Waals surface area contributed by atoms with E-state index in [2.05, 4.69) is 5.32 Å². The van der Waals surface area contributed by atoms with Crippen molar-refractivity contribution in [1.82, 2.24) is 0 Å². The molecule has 0 bridgehead atoms. The van der Waals surface area contributed by atoms with Gasteiger partial charge in [-0.3, -0.25) is 4.79 Å². The summed E-state index contributed by atoms with van der Waals surface area (Å²) in [4.78, 5) is 12.7. The molecule has 1 aliphatic rings. The number of rotatable bonds is 5. The lowest BCUT2D eigenvalue weighted by Gasteiger charge is -2.25. The summed E-state index contributed by atoms with van der Waals surface area (Å²) < 4.78 is 22.4. The maximum atomic E-state index is 12.7. The molecule has 0 radical (unpaired) electrons. The Labute approximate surface area is 172 Å². The number of fused-ring (bicyclic) bond motifs is 1. The van der Waals surface area contributed by atoms with Crippen LogP contribution in [0.25, 0.3) is 0 Å². The second kappa shape index (κ2) is 8.32. The van der Waals surface area contributed by atoms with E-state index in [0.717, 1.165) is 5.75 Å². The summed E-state index contributed by atoms with van der Waals surface area (Å²) in [7, 11) is 1.60. The zero-order valence-corrected chi connectivity index (χ0v) is 16.3. The summed E-state index contributed by atoms with van der Waals surface area (Å²) >= 11 is 6.12. The molecule has 1 amide bonds. The predicted molar refractivity (Wildman–Crippen MR) is 110 cm³/mol. The number of hydrogen-bond acceptors (Lipinski definition) is 5. The Bertz CT molecular complexity index is 1020. The van der Waals surface area contributed by atoms with Crippen molar-refractivity contribution in [3.05, 3.63) is 71.8 Å². The van der Waals surface area contributed by atoms with Crippen molar-refractivity contribution >= 4 is 23.2 Å². The van der Waals surface area contributed by atoms with Crippen molar-refractivity contribution in [2.45, 2.75) is 6.10 Å². The van der Waals surface area contributed by atoms with Gasteiger partial charge < -0.3 is 24.3 Å². The maximum absolute atomic E-state index is 12.7. The van der Waals surface area contributed by atoms with Crippen LogP contribution in [0.15, 0.2) is 66.7 Å². The summed E-state index contributed by atoms with van der Waals surface area (Å²) in [5.41, 5.74) is 0.431. The first kappa shape index (κ1) is 19.0. The number of nitrogens with one attached hydrogen (secondary N) is 1. The van der Waals surface area contributed by atoms with Crippen LogP contribution in [0.4, 0.5) is 5.69 Å². The fraction of sp³-hybridized carbons (Fsp3) is 0.136. The zero-order chi connectivity index (χ0) is 20.2. The molecule has 1 aliphatic heterocycles. The van der Waals surface area contributed by atoms with Crippen LogP contribution in [0.3, 0.4) is 0 Å². The first-order valence-corrected chi connectivity index (χ1v) is 9.31. The SMILES string of the molecule is COc1ccc(Oc2ccc(Cl)cc2NC(=O)[C@@H]2COc3ccccc3O2)cc1. The summed E-state index contributed by atoms with van der Waals surface area (Å²) in [6, 6.07) is 19.3. The molecule has 0 fully saturated rings. The van der Waals surface area contributed by atoms with Gasteiger partial charge in [-0.15, -0.1) is 0 Å². The number of methoxy groups -OCH3 is 1. The molecule has 3 aromatic carbocycles. The van der Waals surface area contributed by atoms with Gasteiger partial charge in [0.2, 0.25) is 6.10 Å². The fourth-order valence-corrected chi connectivity index (χ4v) is 2.99. The van der Waals surface area contributed by atoms with Crippen LogP contribution in [-0.4, -0.2) is 25.7 Å². The molecular weight excluding hydrogens is 394 g/mol. The zero-order valence-electron chi connectivity index (χ0n) is 15.6. The van der Waals surface area contributed by atoms with Gasteiger partial charge in [0, 0.05) is 5.02 Å². The largest absolute Gasteiger partial charge is 0.497 e. The van der Waals surface area contributed by atoms with Crippen LogP contribution in [0.5, 0.6) is 28.7 Å². The minimum atomic E-state index is -0.794. The molecule has 1 atom stereocenters. The fourth-order valence-electron chi connectivity index (χ4n) is 2.82. The van der Waals surface area contributed by atoms with Gasteiger partial charge in [0.25, 0.3) is 5.91 Å². The van der Waals surface area contributed by atoms with E-state index >= 15 is 0 Å². The molecule has 0 spiro atoms. The average Bonchev–Trinajstić information content (AvgIpc) is 2.75. The molecule has 0 unspecified atom stereocenters. The Balaban J connectivity index is 1.50. The topological polar surface area (TPSA) is 66.0 Å². The van der Waals surface area contributed by atoms with E-state index in [1.165, 1.54) is 0 Å². The lowest BCUT2D eigenvalue weighted by molar-refractivity contribution is -0.125. The summed E-state index contributed by atoms with van der Waals surface area (Å²) in [5, 5.41) is 3.28. The highest BCUT2D eigenvalue weighted by Gasteiger charge is 2.28. The number of carbonyl (C=O) groups excluding carboxylic acids is 1. The van der Waals surface area contributed by atoms with E-state index in [1.807, 2.05) is 12.1 Å². The normalized spacial score (nSPS) is 14.8. The standard InChI is InChI=1S/C22H18ClNO5/c1-26-15-7-9-16(10-8-15)28-18-11-6-14(23)12-17(18)24-22(25)21-13-27-19-4-2-3-5-20(19)29-21/h2-12,21H,13H2,1H3,(H,24,25)/t21-/m0/s1. The Morgan fingerprint density at radius 3 is 2.52 bits per heavy atom. The second-order valence-electron chi connectivity index (χ2n) is 6.27. The lowest BCUT2D eigenvalue weighted by Crippen LogP contribution is -2.40. The molecule has 0 aliphatic carbocycles. The number of anilines is 1. The number of para-hydroxylation sites is 2. The Kier molecular flexibility index (Phi) is 5.44. The van der Waals surface area contributed by atoms with Gasteiger partial charge in [-0.1, -0.05) is 23.7 Å². The number of amides is 1. The van der Waals surface area contributed by atoms with Gasteiger partial charge in [-0.05, 0) is 54.6 Å². The predicted octanol–water partition coefficient (Wildman–Crippen LogP) is 4.92. The summed E-state index contributed by atoms with van der Waals surface area (Å²) in [6.07, 6.45) is -0.794. The molecule has 6 nitrogen and oxygen atoms in total. The Morgan fingerprint density at radius 2 is 1.76 bits per heavy atom. The number of hydrogen-bond donors (Lipinski definition) is 1. The van der Waals surface area contributed by atoms with Crippen LogP contribution >= 0.6 is 11.6 Å². The first-order valence-electron chi connectivity index (χ1n) is 8.93. The number of benzene rings is 3. The van der Waals surface area contributed by atoms with Gasteiger partial charge in [0.05, 0.1) is 12.8 Å². The third-order valence-electron chi connectivity index (χ3n) is 4.29. The van der Waals surface area contributed by atoms with E-state index in [0.29, 0.717) is 33.7 Å². The van der Waals surface area contributed by atoms with Crippen LogP contribution in [0, 0.1) is 0 Å². The van der Waals surface area contributed by atoms with Gasteiger partial charge in [-0.25, -0.2) is 0 Å². The van der Waals surface area contributed by atoms with Crippen LogP contribution < -0.4 is 24.3 Å². The van der Waals surface area contributed by atoms with Crippen molar-refractivity contribution in [2.24, 2.45) is 0 Å². The number of halogens is 1. The highest BCUT2D eigenvalue weighted by molar-refractivity contribution is 6.31. The molecule has 29 heavy (non-hydrogen) atoms. The molecule has 0 saturated carbocycles.